The second kappa shape index (κ2) is 3.93. The van der Waals surface area contributed by atoms with E-state index in [4.69, 9.17) is 4.74 Å². The Bertz CT molecular complexity index is 350. The van der Waals surface area contributed by atoms with Gasteiger partial charge in [0, 0.05) is 5.69 Å². The number of anilines is 1. The molecule has 3 nitrogen and oxygen atoms in total. The zero-order valence-corrected chi connectivity index (χ0v) is 9.01. The number of nitrogens with zero attached hydrogens (tertiary/aromatic N) is 1. The van der Waals surface area contributed by atoms with Gasteiger partial charge in [0.2, 0.25) is 0 Å². The van der Waals surface area contributed by atoms with Gasteiger partial charge in [-0.25, -0.2) is 0 Å². The smallest absolute Gasteiger partial charge is 0.325 e. The van der Waals surface area contributed by atoms with E-state index in [0.717, 1.165) is 5.69 Å². The molecule has 1 aliphatic rings. The van der Waals surface area contributed by atoms with Crippen LogP contribution in [0.4, 0.5) is 5.69 Å². The maximum Gasteiger partial charge on any atom is 0.325 e. The van der Waals surface area contributed by atoms with E-state index in [1.807, 2.05) is 37.3 Å². The number of rotatable bonds is 1. The highest BCUT2D eigenvalue weighted by Gasteiger charge is 2.30. The average Bonchev–Trinajstić information content (AvgIpc) is 2.24. The van der Waals surface area contributed by atoms with Crippen LogP contribution in [-0.4, -0.2) is 24.7 Å². The number of hydrogen-bond donors (Lipinski definition) is 0. The van der Waals surface area contributed by atoms with Gasteiger partial charge in [0.25, 0.3) is 0 Å². The van der Waals surface area contributed by atoms with Crippen LogP contribution >= 0.6 is 0 Å². The van der Waals surface area contributed by atoms with Crippen molar-refractivity contribution in [3.63, 3.8) is 0 Å². The summed E-state index contributed by atoms with van der Waals surface area (Å²) in [6.45, 7) is 4.34. The van der Waals surface area contributed by atoms with Crippen LogP contribution in [0.25, 0.3) is 0 Å². The third-order valence-electron chi connectivity index (χ3n) is 2.88. The van der Waals surface area contributed by atoms with Gasteiger partial charge in [0.05, 0.1) is 6.04 Å². The third-order valence-corrected chi connectivity index (χ3v) is 2.88. The number of hydrogen-bond acceptors (Lipinski definition) is 3. The molecule has 1 aromatic carbocycles. The number of morpholine rings is 1. The van der Waals surface area contributed by atoms with E-state index in [1.54, 1.807) is 0 Å². The van der Waals surface area contributed by atoms with Gasteiger partial charge in [0.15, 0.2) is 0 Å². The van der Waals surface area contributed by atoms with Crippen molar-refractivity contribution in [2.75, 3.05) is 11.4 Å². The first-order chi connectivity index (χ1) is 7.18. The summed E-state index contributed by atoms with van der Waals surface area (Å²) in [5.74, 6) is -0.149. The third kappa shape index (κ3) is 1.96. The zero-order valence-electron chi connectivity index (χ0n) is 9.01. The molecule has 1 aromatic rings. The molecule has 0 aromatic heterocycles. The molecule has 1 aliphatic heterocycles. The molecule has 2 rings (SSSR count). The molecule has 0 amide bonds. The number of cyclic esters (lactones) is 1. The van der Waals surface area contributed by atoms with Crippen molar-refractivity contribution in [1.82, 2.24) is 0 Å². The molecule has 0 bridgehead atoms. The van der Waals surface area contributed by atoms with Gasteiger partial charge in [-0.3, -0.25) is 4.79 Å². The summed E-state index contributed by atoms with van der Waals surface area (Å²) in [4.78, 5) is 13.4. The van der Waals surface area contributed by atoms with Gasteiger partial charge >= 0.3 is 5.97 Å². The van der Waals surface area contributed by atoms with Crippen LogP contribution in [0.2, 0.25) is 0 Å². The van der Waals surface area contributed by atoms with Crippen molar-refractivity contribution in [2.45, 2.75) is 26.0 Å². The molecule has 1 fully saturated rings. The molecule has 2 atom stereocenters. The quantitative estimate of drug-likeness (QED) is 0.655. The number of carbonyl (C=O) groups excluding carboxylic acids is 1. The molecule has 15 heavy (non-hydrogen) atoms. The second-order valence-corrected chi connectivity index (χ2v) is 3.90. The van der Waals surface area contributed by atoms with Crippen molar-refractivity contribution < 1.29 is 9.53 Å². The fraction of sp³-hybridized carbons (Fsp3) is 0.417. The van der Waals surface area contributed by atoms with E-state index >= 15 is 0 Å². The topological polar surface area (TPSA) is 29.5 Å². The molecule has 0 spiro atoms. The Morgan fingerprint density at radius 1 is 1.27 bits per heavy atom. The summed E-state index contributed by atoms with van der Waals surface area (Å²) in [5, 5.41) is 0. The molecule has 0 aliphatic carbocycles. The normalized spacial score (nSPS) is 26.3. The van der Waals surface area contributed by atoms with Crippen LogP contribution < -0.4 is 4.90 Å². The predicted molar refractivity (Wildman–Crippen MR) is 58.8 cm³/mol. The molecule has 1 heterocycles. The Hall–Kier alpha value is -1.51. The second-order valence-electron chi connectivity index (χ2n) is 3.90. The molecular weight excluding hydrogens is 190 g/mol. The number of ether oxygens (including phenoxy) is 1. The van der Waals surface area contributed by atoms with Crippen LogP contribution in [0.3, 0.4) is 0 Å². The molecule has 3 heteroatoms. The minimum Gasteiger partial charge on any atom is -0.459 e. The lowest BCUT2D eigenvalue weighted by Gasteiger charge is -2.38. The average molecular weight is 205 g/mol. The predicted octanol–water partition coefficient (Wildman–Crippen LogP) is 1.83. The van der Waals surface area contributed by atoms with Crippen molar-refractivity contribution in [3.05, 3.63) is 30.3 Å². The Balaban J connectivity index is 2.24. The Morgan fingerprint density at radius 3 is 2.60 bits per heavy atom. The molecular formula is C12H15NO2. The number of carbonyl (C=O) groups is 1. The van der Waals surface area contributed by atoms with E-state index in [9.17, 15) is 4.79 Å². The summed E-state index contributed by atoms with van der Waals surface area (Å²) in [6, 6.07) is 10.2. The van der Waals surface area contributed by atoms with Crippen LogP contribution in [0, 0.1) is 0 Å². The highest BCUT2D eigenvalue weighted by molar-refractivity contribution is 5.77. The minimum atomic E-state index is -0.149. The van der Waals surface area contributed by atoms with Crippen LogP contribution in [0.5, 0.6) is 0 Å². The minimum absolute atomic E-state index is 0.0496. The van der Waals surface area contributed by atoms with Crippen molar-refractivity contribution >= 4 is 11.7 Å². The summed E-state index contributed by atoms with van der Waals surface area (Å²) >= 11 is 0. The lowest BCUT2D eigenvalue weighted by Crippen LogP contribution is -2.51. The molecule has 2 unspecified atom stereocenters. The lowest BCUT2D eigenvalue weighted by atomic mass is 10.1. The number of esters is 1. The van der Waals surface area contributed by atoms with E-state index in [-0.39, 0.29) is 18.1 Å². The first-order valence-corrected chi connectivity index (χ1v) is 5.19. The van der Waals surface area contributed by atoms with Crippen molar-refractivity contribution in [3.8, 4) is 0 Å². The molecule has 0 radical (unpaired) electrons. The number of para-hydroxylation sites is 1. The maximum absolute atomic E-state index is 11.3. The summed E-state index contributed by atoms with van der Waals surface area (Å²) in [7, 11) is 0. The highest BCUT2D eigenvalue weighted by atomic mass is 16.5. The van der Waals surface area contributed by atoms with Crippen LogP contribution in [0.15, 0.2) is 30.3 Å². The van der Waals surface area contributed by atoms with Gasteiger partial charge in [-0.2, -0.15) is 0 Å². The van der Waals surface area contributed by atoms with Crippen molar-refractivity contribution in [1.29, 1.82) is 0 Å². The van der Waals surface area contributed by atoms with Crippen LogP contribution in [0.1, 0.15) is 13.8 Å². The first kappa shape index (κ1) is 10.0. The van der Waals surface area contributed by atoms with Crippen LogP contribution in [-0.2, 0) is 9.53 Å². The Morgan fingerprint density at radius 2 is 1.93 bits per heavy atom. The highest BCUT2D eigenvalue weighted by Crippen LogP contribution is 2.22. The summed E-state index contributed by atoms with van der Waals surface area (Å²) in [6.07, 6.45) is -0.0496. The van der Waals surface area contributed by atoms with Gasteiger partial charge < -0.3 is 9.64 Å². The molecule has 80 valence electrons. The summed E-state index contributed by atoms with van der Waals surface area (Å²) in [5.41, 5.74) is 1.08. The van der Waals surface area contributed by atoms with Gasteiger partial charge in [-0.15, -0.1) is 0 Å². The number of benzene rings is 1. The monoisotopic (exact) mass is 205 g/mol. The largest absolute Gasteiger partial charge is 0.459 e. The first-order valence-electron chi connectivity index (χ1n) is 5.19. The lowest BCUT2D eigenvalue weighted by molar-refractivity contribution is -0.150. The maximum atomic E-state index is 11.3. The van der Waals surface area contributed by atoms with Gasteiger partial charge in [-0.1, -0.05) is 18.2 Å². The Labute approximate surface area is 89.7 Å². The fourth-order valence-electron chi connectivity index (χ4n) is 1.83. The summed E-state index contributed by atoms with van der Waals surface area (Å²) < 4.78 is 5.17. The van der Waals surface area contributed by atoms with Gasteiger partial charge in [-0.05, 0) is 26.0 Å². The van der Waals surface area contributed by atoms with E-state index in [1.165, 1.54) is 0 Å². The van der Waals surface area contributed by atoms with E-state index in [0.29, 0.717) is 6.54 Å². The Kier molecular flexibility index (Phi) is 2.62. The van der Waals surface area contributed by atoms with E-state index < -0.39 is 0 Å². The molecule has 0 N–H and O–H groups in total. The van der Waals surface area contributed by atoms with Gasteiger partial charge in [0.1, 0.15) is 12.6 Å². The van der Waals surface area contributed by atoms with Crippen molar-refractivity contribution in [2.24, 2.45) is 0 Å². The molecule has 0 saturated carbocycles. The molecule has 1 saturated heterocycles. The van der Waals surface area contributed by atoms with E-state index in [2.05, 4.69) is 11.8 Å². The fourth-order valence-corrected chi connectivity index (χ4v) is 1.83. The SMILES string of the molecule is CC1OC(=O)CN(c2ccccc2)C1C. The standard InChI is InChI=1S/C12H15NO2/c1-9-10(2)15-12(14)8-13(9)11-6-4-3-5-7-11/h3-7,9-10H,8H2,1-2H3. The zero-order chi connectivity index (χ0) is 10.8.